The van der Waals surface area contributed by atoms with E-state index in [9.17, 15) is 9.90 Å². The van der Waals surface area contributed by atoms with Crippen LogP contribution in [-0.2, 0) is 14.9 Å². The molecular formula is C14H14N2O3. The van der Waals surface area contributed by atoms with Crippen LogP contribution in [0.1, 0.15) is 30.1 Å². The summed E-state index contributed by atoms with van der Waals surface area (Å²) < 4.78 is 5.11. The molecule has 0 radical (unpaired) electrons. The number of benzene rings is 1. The molecule has 5 heteroatoms. The van der Waals surface area contributed by atoms with Gasteiger partial charge in [0.25, 0.3) is 0 Å². The number of nitrogens with one attached hydrogen (secondary N) is 1. The molecule has 0 atom stereocenters. The number of aliphatic carboxylic acids is 1. The lowest BCUT2D eigenvalue weighted by Crippen LogP contribution is -2.53. The summed E-state index contributed by atoms with van der Waals surface area (Å²) in [6.45, 7) is 0.495. The number of carbonyl (C=O) groups is 1. The van der Waals surface area contributed by atoms with E-state index in [0.29, 0.717) is 5.92 Å². The lowest BCUT2D eigenvalue weighted by molar-refractivity contribution is -0.163. The Balaban J connectivity index is 1.80. The number of hydrogen-bond donors (Lipinski definition) is 2. The highest BCUT2D eigenvalue weighted by Crippen LogP contribution is 2.40. The first-order valence-electron chi connectivity index (χ1n) is 6.50. The second-order valence-corrected chi connectivity index (χ2v) is 5.51. The maximum absolute atomic E-state index is 11.5. The number of rotatable bonds is 3. The van der Waals surface area contributed by atoms with Gasteiger partial charge in [-0.1, -0.05) is 6.07 Å². The van der Waals surface area contributed by atoms with Gasteiger partial charge in [0.2, 0.25) is 0 Å². The van der Waals surface area contributed by atoms with Crippen LogP contribution in [0.2, 0.25) is 0 Å². The molecule has 1 saturated heterocycles. The predicted molar refractivity (Wildman–Crippen MR) is 68.2 cm³/mol. The van der Waals surface area contributed by atoms with Crippen LogP contribution in [-0.4, -0.2) is 34.3 Å². The summed E-state index contributed by atoms with van der Waals surface area (Å²) in [7, 11) is 0. The van der Waals surface area contributed by atoms with Crippen LogP contribution in [0, 0.1) is 0 Å². The molecule has 0 unspecified atom stereocenters. The number of aromatic amines is 1. The number of carboxylic acid groups (broad SMARTS) is 1. The number of imidazole rings is 1. The largest absolute Gasteiger partial charge is 0.480 e. The van der Waals surface area contributed by atoms with Crippen molar-refractivity contribution in [1.82, 2.24) is 9.97 Å². The molecule has 1 saturated carbocycles. The van der Waals surface area contributed by atoms with Crippen LogP contribution in [0.3, 0.4) is 0 Å². The van der Waals surface area contributed by atoms with Crippen molar-refractivity contribution in [3.63, 3.8) is 0 Å². The van der Waals surface area contributed by atoms with Gasteiger partial charge in [-0.25, -0.2) is 4.98 Å². The van der Waals surface area contributed by atoms with Gasteiger partial charge < -0.3 is 14.8 Å². The Morgan fingerprint density at radius 1 is 1.42 bits per heavy atom. The van der Waals surface area contributed by atoms with Crippen molar-refractivity contribution in [3.8, 4) is 0 Å². The summed E-state index contributed by atoms with van der Waals surface area (Å²) in [5.41, 5.74) is 1.75. The van der Waals surface area contributed by atoms with Crippen molar-refractivity contribution in [2.75, 3.05) is 13.2 Å². The van der Waals surface area contributed by atoms with Gasteiger partial charge in [-0.2, -0.15) is 0 Å². The van der Waals surface area contributed by atoms with Gasteiger partial charge in [0.05, 0.1) is 24.2 Å². The Bertz CT molecular complexity index is 668. The zero-order valence-electron chi connectivity index (χ0n) is 10.3. The SMILES string of the molecule is O=C(O)C1(c2ccc3nc(C4CC4)[nH]c3c2)COC1. The molecule has 1 aliphatic carbocycles. The third-order valence-electron chi connectivity index (χ3n) is 4.12. The van der Waals surface area contributed by atoms with Gasteiger partial charge >= 0.3 is 5.97 Å². The minimum absolute atomic E-state index is 0.247. The quantitative estimate of drug-likeness (QED) is 0.880. The van der Waals surface area contributed by atoms with Gasteiger partial charge in [-0.15, -0.1) is 0 Å². The van der Waals surface area contributed by atoms with E-state index in [2.05, 4.69) is 9.97 Å². The molecule has 4 rings (SSSR count). The molecule has 5 nitrogen and oxygen atoms in total. The number of carboxylic acids is 1. The van der Waals surface area contributed by atoms with E-state index in [0.717, 1.165) is 22.4 Å². The minimum Gasteiger partial charge on any atom is -0.480 e. The molecule has 19 heavy (non-hydrogen) atoms. The van der Waals surface area contributed by atoms with Crippen LogP contribution in [0.25, 0.3) is 11.0 Å². The number of ether oxygens (including phenoxy) is 1. The van der Waals surface area contributed by atoms with Gasteiger partial charge in [0, 0.05) is 5.92 Å². The van der Waals surface area contributed by atoms with E-state index in [1.807, 2.05) is 18.2 Å². The first-order chi connectivity index (χ1) is 9.19. The fraction of sp³-hybridized carbons (Fsp3) is 0.429. The third kappa shape index (κ3) is 1.51. The van der Waals surface area contributed by atoms with Crippen LogP contribution in [0.15, 0.2) is 18.2 Å². The summed E-state index contributed by atoms with van der Waals surface area (Å²) in [6, 6.07) is 5.66. The Hall–Kier alpha value is -1.88. The average Bonchev–Trinajstić information content (AvgIpc) is 3.07. The Morgan fingerprint density at radius 2 is 2.21 bits per heavy atom. The van der Waals surface area contributed by atoms with E-state index < -0.39 is 11.4 Å². The molecular weight excluding hydrogens is 244 g/mol. The third-order valence-corrected chi connectivity index (χ3v) is 4.12. The second-order valence-electron chi connectivity index (χ2n) is 5.51. The summed E-state index contributed by atoms with van der Waals surface area (Å²) in [6.07, 6.45) is 2.39. The number of aromatic nitrogens is 2. The molecule has 98 valence electrons. The first kappa shape index (κ1) is 11.0. The summed E-state index contributed by atoms with van der Waals surface area (Å²) in [5.74, 6) is 0.776. The molecule has 1 aromatic heterocycles. The van der Waals surface area contributed by atoms with Crippen LogP contribution < -0.4 is 0 Å². The Morgan fingerprint density at radius 3 is 2.79 bits per heavy atom. The molecule has 2 heterocycles. The summed E-state index contributed by atoms with van der Waals surface area (Å²) >= 11 is 0. The molecule has 2 aromatic rings. The highest BCUT2D eigenvalue weighted by molar-refractivity contribution is 5.85. The lowest BCUT2D eigenvalue weighted by atomic mass is 9.78. The number of hydrogen-bond acceptors (Lipinski definition) is 3. The normalized spacial score (nSPS) is 21.3. The zero-order chi connectivity index (χ0) is 13.0. The molecule has 2 N–H and O–H groups in total. The topological polar surface area (TPSA) is 75.2 Å². The van der Waals surface area contributed by atoms with Crippen molar-refractivity contribution >= 4 is 17.0 Å². The highest BCUT2D eigenvalue weighted by atomic mass is 16.5. The molecule has 2 fully saturated rings. The van der Waals surface area contributed by atoms with Crippen LogP contribution >= 0.6 is 0 Å². The van der Waals surface area contributed by atoms with E-state index in [1.54, 1.807) is 0 Å². The van der Waals surface area contributed by atoms with Crippen molar-refractivity contribution in [2.45, 2.75) is 24.2 Å². The van der Waals surface area contributed by atoms with Gasteiger partial charge in [0.15, 0.2) is 0 Å². The predicted octanol–water partition coefficient (Wildman–Crippen LogP) is 1.79. The maximum Gasteiger partial charge on any atom is 0.318 e. The number of nitrogens with zero attached hydrogens (tertiary/aromatic N) is 1. The molecule has 0 spiro atoms. The Labute approximate surface area is 109 Å². The second kappa shape index (κ2) is 3.57. The maximum atomic E-state index is 11.5. The summed E-state index contributed by atoms with van der Waals surface area (Å²) in [5, 5.41) is 9.41. The average molecular weight is 258 g/mol. The lowest BCUT2D eigenvalue weighted by Gasteiger charge is -2.37. The van der Waals surface area contributed by atoms with Crippen molar-refractivity contribution in [2.24, 2.45) is 0 Å². The van der Waals surface area contributed by atoms with E-state index in [4.69, 9.17) is 4.74 Å². The fourth-order valence-corrected chi connectivity index (χ4v) is 2.60. The Kier molecular flexibility index (Phi) is 2.07. The minimum atomic E-state index is -0.876. The number of fused-ring (bicyclic) bond motifs is 1. The molecule has 1 aliphatic heterocycles. The standard InChI is InChI=1S/C14H14N2O3/c17-13(18)14(6-19-7-14)9-3-4-10-11(5-9)16-12(15-10)8-1-2-8/h3-5,8H,1-2,6-7H2,(H,15,16)(H,17,18). The van der Waals surface area contributed by atoms with E-state index >= 15 is 0 Å². The zero-order valence-corrected chi connectivity index (χ0v) is 10.3. The number of H-pyrrole nitrogens is 1. The van der Waals surface area contributed by atoms with Gasteiger partial charge in [-0.3, -0.25) is 4.79 Å². The summed E-state index contributed by atoms with van der Waals surface area (Å²) in [4.78, 5) is 19.3. The monoisotopic (exact) mass is 258 g/mol. The van der Waals surface area contributed by atoms with Crippen molar-refractivity contribution < 1.29 is 14.6 Å². The molecule has 1 aromatic carbocycles. The van der Waals surface area contributed by atoms with Gasteiger partial charge in [0.1, 0.15) is 11.2 Å². The highest BCUT2D eigenvalue weighted by Gasteiger charge is 2.48. The fourth-order valence-electron chi connectivity index (χ4n) is 2.60. The van der Waals surface area contributed by atoms with Crippen molar-refractivity contribution in [1.29, 1.82) is 0 Å². The first-order valence-corrected chi connectivity index (χ1v) is 6.50. The molecule has 0 amide bonds. The van der Waals surface area contributed by atoms with Crippen LogP contribution in [0.4, 0.5) is 0 Å². The molecule has 2 aliphatic rings. The smallest absolute Gasteiger partial charge is 0.318 e. The van der Waals surface area contributed by atoms with E-state index in [-0.39, 0.29) is 13.2 Å². The van der Waals surface area contributed by atoms with Crippen LogP contribution in [0.5, 0.6) is 0 Å². The van der Waals surface area contributed by atoms with Gasteiger partial charge in [-0.05, 0) is 30.5 Å². The van der Waals surface area contributed by atoms with E-state index in [1.165, 1.54) is 12.8 Å². The molecule has 0 bridgehead atoms. The van der Waals surface area contributed by atoms with Crippen molar-refractivity contribution in [3.05, 3.63) is 29.6 Å².